The minimum absolute atomic E-state index is 0.0520. The first-order valence-electron chi connectivity index (χ1n) is 15.9. The number of hydrogen-bond donors (Lipinski definition) is 2. The summed E-state index contributed by atoms with van der Waals surface area (Å²) >= 11 is 0. The molecule has 1 saturated heterocycles. The number of oxazole rings is 1. The molecule has 1 aromatic heterocycles. The Morgan fingerprint density at radius 3 is 2.52 bits per heavy atom. The third-order valence-electron chi connectivity index (χ3n) is 8.78. The topological polar surface area (TPSA) is 87.5 Å². The second-order valence-corrected chi connectivity index (χ2v) is 12.0. The fourth-order valence-corrected chi connectivity index (χ4v) is 6.32. The quantitative estimate of drug-likeness (QED) is 0.267. The van der Waals surface area contributed by atoms with E-state index in [4.69, 9.17) is 4.42 Å². The maximum absolute atomic E-state index is 13.3. The first-order chi connectivity index (χ1) is 20.5. The van der Waals surface area contributed by atoms with E-state index in [1.54, 1.807) is 0 Å². The maximum Gasteiger partial charge on any atom is 0.277 e. The van der Waals surface area contributed by atoms with Gasteiger partial charge in [0.25, 0.3) is 5.91 Å². The Bertz CT molecular complexity index is 1360. The molecule has 0 bridgehead atoms. The molecular formula is C35H46N4O3. The van der Waals surface area contributed by atoms with E-state index in [0.717, 1.165) is 70.2 Å². The van der Waals surface area contributed by atoms with E-state index in [9.17, 15) is 9.59 Å². The molecule has 1 aliphatic heterocycles. The monoisotopic (exact) mass is 570 g/mol. The van der Waals surface area contributed by atoms with E-state index in [1.165, 1.54) is 23.0 Å². The van der Waals surface area contributed by atoms with Gasteiger partial charge in [-0.3, -0.25) is 9.59 Å². The molecular weight excluding hydrogens is 524 g/mol. The lowest BCUT2D eigenvalue weighted by molar-refractivity contribution is -0.117. The molecule has 42 heavy (non-hydrogen) atoms. The van der Waals surface area contributed by atoms with E-state index in [0.29, 0.717) is 48.4 Å². The Labute approximate surface area is 250 Å². The van der Waals surface area contributed by atoms with Crippen LogP contribution in [0.25, 0.3) is 0 Å². The van der Waals surface area contributed by atoms with Crippen LogP contribution in [0.15, 0.2) is 69.6 Å². The van der Waals surface area contributed by atoms with Gasteiger partial charge in [0.2, 0.25) is 5.91 Å². The van der Waals surface area contributed by atoms with Gasteiger partial charge in [-0.05, 0) is 87.8 Å². The second kappa shape index (κ2) is 14.0. The lowest BCUT2D eigenvalue weighted by Gasteiger charge is -2.38. The largest absolute Gasteiger partial charge is 0.448 e. The number of likely N-dealkylation sites (tertiary alicyclic amines) is 1. The average molecular weight is 571 g/mol. The Hall–Kier alpha value is -3.61. The molecule has 0 unspecified atom stereocenters. The minimum atomic E-state index is -0.292. The van der Waals surface area contributed by atoms with Crippen molar-refractivity contribution in [1.29, 1.82) is 0 Å². The van der Waals surface area contributed by atoms with Gasteiger partial charge in [0, 0.05) is 36.8 Å². The lowest BCUT2D eigenvalue weighted by atomic mass is 9.86. The minimum Gasteiger partial charge on any atom is -0.448 e. The van der Waals surface area contributed by atoms with Crippen LogP contribution < -0.4 is 10.6 Å². The van der Waals surface area contributed by atoms with Gasteiger partial charge in [0.1, 0.15) is 6.26 Å². The molecule has 2 fully saturated rings. The fourth-order valence-electron chi connectivity index (χ4n) is 6.32. The predicted octanol–water partition coefficient (Wildman–Crippen LogP) is 7.04. The highest BCUT2D eigenvalue weighted by Gasteiger charge is 2.31. The Morgan fingerprint density at radius 1 is 1.02 bits per heavy atom. The fraction of sp³-hybridized carbons (Fsp3) is 0.514. The van der Waals surface area contributed by atoms with E-state index >= 15 is 0 Å². The van der Waals surface area contributed by atoms with Gasteiger partial charge < -0.3 is 20.0 Å². The molecule has 0 spiro atoms. The highest BCUT2D eigenvalue weighted by atomic mass is 16.3. The Balaban J connectivity index is 1.31. The van der Waals surface area contributed by atoms with Crippen molar-refractivity contribution in [3.63, 3.8) is 0 Å². The summed E-state index contributed by atoms with van der Waals surface area (Å²) in [7, 11) is 0. The highest BCUT2D eigenvalue weighted by Crippen LogP contribution is 2.39. The number of nitrogens with one attached hydrogen (secondary N) is 2. The van der Waals surface area contributed by atoms with E-state index < -0.39 is 0 Å². The van der Waals surface area contributed by atoms with Gasteiger partial charge >= 0.3 is 0 Å². The zero-order valence-electron chi connectivity index (χ0n) is 25.5. The molecule has 2 N–H and O–H groups in total. The molecule has 2 aromatic rings. The first-order valence-corrected chi connectivity index (χ1v) is 15.9. The molecule has 5 rings (SSSR count). The van der Waals surface area contributed by atoms with Crippen LogP contribution in [0.4, 0.5) is 0 Å². The molecule has 2 heterocycles. The van der Waals surface area contributed by atoms with E-state index in [2.05, 4.69) is 71.6 Å². The number of benzene rings is 1. The molecule has 224 valence electrons. The predicted molar refractivity (Wildman–Crippen MR) is 166 cm³/mol. The summed E-state index contributed by atoms with van der Waals surface area (Å²) in [6, 6.07) is 8.68. The van der Waals surface area contributed by atoms with Gasteiger partial charge in [0.05, 0.1) is 5.70 Å². The molecule has 0 atom stereocenters. The summed E-state index contributed by atoms with van der Waals surface area (Å²) < 4.78 is 5.58. The van der Waals surface area contributed by atoms with Crippen LogP contribution in [0.3, 0.4) is 0 Å². The van der Waals surface area contributed by atoms with Gasteiger partial charge in [-0.2, -0.15) is 0 Å². The van der Waals surface area contributed by atoms with Crippen LogP contribution in [0.2, 0.25) is 0 Å². The molecule has 2 amide bonds. The van der Waals surface area contributed by atoms with Crippen LogP contribution in [-0.4, -0.2) is 41.3 Å². The number of allylic oxidation sites excluding steroid dienone is 3. The molecule has 7 nitrogen and oxygen atoms in total. The molecule has 3 aliphatic rings. The Kier molecular flexibility index (Phi) is 9.98. The van der Waals surface area contributed by atoms with Crippen molar-refractivity contribution in [2.24, 2.45) is 0 Å². The van der Waals surface area contributed by atoms with Crippen molar-refractivity contribution in [2.75, 3.05) is 19.6 Å². The van der Waals surface area contributed by atoms with E-state index in [-0.39, 0.29) is 17.5 Å². The van der Waals surface area contributed by atoms with Crippen LogP contribution in [-0.2, 0) is 4.79 Å². The summed E-state index contributed by atoms with van der Waals surface area (Å²) in [4.78, 5) is 33.4. The molecule has 7 heteroatoms. The molecule has 2 aliphatic carbocycles. The van der Waals surface area contributed by atoms with Crippen molar-refractivity contribution < 1.29 is 14.0 Å². The van der Waals surface area contributed by atoms with Crippen molar-refractivity contribution in [3.05, 3.63) is 87.9 Å². The number of nitrogens with zero attached hydrogens (tertiary/aromatic N) is 2. The second-order valence-electron chi connectivity index (χ2n) is 12.0. The third-order valence-corrected chi connectivity index (χ3v) is 8.78. The van der Waals surface area contributed by atoms with Crippen LogP contribution >= 0.6 is 0 Å². The van der Waals surface area contributed by atoms with Crippen molar-refractivity contribution in [3.8, 4) is 0 Å². The van der Waals surface area contributed by atoms with Crippen LogP contribution in [0, 0.1) is 6.92 Å². The Morgan fingerprint density at radius 2 is 1.81 bits per heavy atom. The zero-order valence-corrected chi connectivity index (χ0v) is 25.5. The number of amides is 2. The molecule has 0 radical (unpaired) electrons. The SMILES string of the molecule is CCC=C(CCC)CCNC(=O)C1=CC(NC(=O)c2coc(C3CC3)n2)=C(N2CCC(c3ccccc3C)CC2)CC1. The van der Waals surface area contributed by atoms with E-state index in [1.807, 2.05) is 6.08 Å². The average Bonchev–Trinajstić information content (AvgIpc) is 3.73. The van der Waals surface area contributed by atoms with Crippen molar-refractivity contribution in [1.82, 2.24) is 20.5 Å². The van der Waals surface area contributed by atoms with Gasteiger partial charge in [-0.15, -0.1) is 0 Å². The third kappa shape index (κ3) is 7.42. The summed E-state index contributed by atoms with van der Waals surface area (Å²) in [5.74, 6) is 1.18. The number of aromatic nitrogens is 1. The zero-order chi connectivity index (χ0) is 29.5. The number of hydrogen-bond acceptors (Lipinski definition) is 5. The van der Waals surface area contributed by atoms with Crippen LogP contribution in [0.1, 0.15) is 117 Å². The van der Waals surface area contributed by atoms with Gasteiger partial charge in [-0.1, -0.05) is 56.2 Å². The van der Waals surface area contributed by atoms with Crippen LogP contribution in [0.5, 0.6) is 0 Å². The standard InChI is InChI=1S/C35H46N4O3/c1-4-8-25(9-5-2)16-19-36-33(40)28-14-15-32(39-20-17-26(18-21-39)29-11-7-6-10-24(29)3)30(22-28)37-34(41)31-23-42-35(38-31)27-12-13-27/h6-8,10-11,22-23,26-27H,4-5,9,12-21H2,1-3H3,(H,36,40)(H,37,41). The van der Waals surface area contributed by atoms with Gasteiger partial charge in [-0.25, -0.2) is 4.98 Å². The normalized spacial score (nSPS) is 18.2. The molecule has 1 saturated carbocycles. The lowest BCUT2D eigenvalue weighted by Crippen LogP contribution is -2.37. The summed E-state index contributed by atoms with van der Waals surface area (Å²) in [5, 5.41) is 6.24. The molecule has 1 aromatic carbocycles. The number of aryl methyl sites for hydroxylation is 1. The number of rotatable bonds is 12. The van der Waals surface area contributed by atoms with Crippen molar-refractivity contribution >= 4 is 11.8 Å². The summed E-state index contributed by atoms with van der Waals surface area (Å²) in [6.07, 6.45) is 15.3. The maximum atomic E-state index is 13.3. The number of piperidine rings is 1. The smallest absolute Gasteiger partial charge is 0.277 e. The summed E-state index contributed by atoms with van der Waals surface area (Å²) in [5.41, 5.74) is 7.00. The highest BCUT2D eigenvalue weighted by molar-refractivity contribution is 5.96. The number of carbonyl (C=O) groups excluding carboxylic acids is 2. The van der Waals surface area contributed by atoms with Crippen molar-refractivity contribution in [2.45, 2.75) is 96.8 Å². The number of carbonyl (C=O) groups is 2. The van der Waals surface area contributed by atoms with Gasteiger partial charge in [0.15, 0.2) is 11.6 Å². The first kappa shape index (κ1) is 29.9. The summed E-state index contributed by atoms with van der Waals surface area (Å²) in [6.45, 7) is 8.99.